The molecule has 0 bridgehead atoms. The number of likely N-dealkylation sites (tertiary alicyclic amines) is 1. The van der Waals surface area contributed by atoms with Gasteiger partial charge in [0.05, 0.1) is 13.1 Å². The minimum Gasteiger partial charge on any atom is -0.370 e. The van der Waals surface area contributed by atoms with E-state index in [0.29, 0.717) is 38.6 Å². The third-order valence-electron chi connectivity index (χ3n) is 4.70. The molecule has 0 amide bonds. The fraction of sp³-hybridized carbons (Fsp3) is 0.632. The van der Waals surface area contributed by atoms with E-state index in [1.807, 2.05) is 32.2 Å². The number of halogens is 4. The predicted octanol–water partition coefficient (Wildman–Crippen LogP) is 3.32. The molecule has 0 aromatic heterocycles. The summed E-state index contributed by atoms with van der Waals surface area (Å²) in [5.41, 5.74) is 1.12. The number of guanidine groups is 1. The Morgan fingerprint density at radius 2 is 2.00 bits per heavy atom. The van der Waals surface area contributed by atoms with Crippen LogP contribution in [0.3, 0.4) is 0 Å². The standard InChI is InChI=1S/C19H30F3N5.HI/c1-4-23-18(25-16-10-11-27(13-16)14-19(20,21)22)24-12-15(2)26(3)17-8-6-5-7-9-17;/h5-9,15-16H,4,10-14H2,1-3H3,(H2,23,24,25);1H. The van der Waals surface area contributed by atoms with Crippen LogP contribution in [-0.4, -0.2) is 68.9 Å². The van der Waals surface area contributed by atoms with Crippen LogP contribution in [0.25, 0.3) is 0 Å². The van der Waals surface area contributed by atoms with Gasteiger partial charge < -0.3 is 15.5 Å². The minimum absolute atomic E-state index is 0. The monoisotopic (exact) mass is 513 g/mol. The molecule has 2 N–H and O–H groups in total. The molecule has 160 valence electrons. The minimum atomic E-state index is -4.15. The van der Waals surface area contributed by atoms with Crippen LogP contribution in [0.5, 0.6) is 0 Å². The average molecular weight is 513 g/mol. The Balaban J connectivity index is 0.00000392. The lowest BCUT2D eigenvalue weighted by Gasteiger charge is -2.26. The van der Waals surface area contributed by atoms with Crippen LogP contribution in [0, 0.1) is 0 Å². The van der Waals surface area contributed by atoms with E-state index in [2.05, 4.69) is 39.6 Å². The van der Waals surface area contributed by atoms with Crippen LogP contribution in [0.4, 0.5) is 18.9 Å². The van der Waals surface area contributed by atoms with Crippen LogP contribution in [0.1, 0.15) is 20.3 Å². The zero-order valence-electron chi connectivity index (χ0n) is 16.7. The Bertz CT molecular complexity index is 597. The molecule has 5 nitrogen and oxygen atoms in total. The molecule has 1 heterocycles. The van der Waals surface area contributed by atoms with Gasteiger partial charge in [0.1, 0.15) is 0 Å². The Hall–Kier alpha value is -1.23. The number of nitrogens with zero attached hydrogens (tertiary/aromatic N) is 3. The highest BCUT2D eigenvalue weighted by molar-refractivity contribution is 14.0. The van der Waals surface area contributed by atoms with E-state index in [-0.39, 0.29) is 36.1 Å². The van der Waals surface area contributed by atoms with Gasteiger partial charge in [0, 0.05) is 44.5 Å². The summed E-state index contributed by atoms with van der Waals surface area (Å²) in [6, 6.07) is 10.3. The summed E-state index contributed by atoms with van der Waals surface area (Å²) in [5.74, 6) is 0.657. The smallest absolute Gasteiger partial charge is 0.370 e. The summed E-state index contributed by atoms with van der Waals surface area (Å²) in [6.45, 7) is 5.33. The third-order valence-corrected chi connectivity index (χ3v) is 4.70. The Kier molecular flexibility index (Phi) is 10.4. The van der Waals surface area contributed by atoms with Gasteiger partial charge in [0.2, 0.25) is 0 Å². The van der Waals surface area contributed by atoms with Gasteiger partial charge in [-0.1, -0.05) is 18.2 Å². The Labute approximate surface area is 182 Å². The Morgan fingerprint density at radius 1 is 1.32 bits per heavy atom. The van der Waals surface area contributed by atoms with Crippen molar-refractivity contribution in [2.75, 3.05) is 44.7 Å². The number of anilines is 1. The maximum Gasteiger partial charge on any atom is 0.401 e. The zero-order chi connectivity index (χ0) is 19.9. The van der Waals surface area contributed by atoms with Crippen molar-refractivity contribution < 1.29 is 13.2 Å². The van der Waals surface area contributed by atoms with E-state index in [1.165, 1.54) is 4.90 Å². The first kappa shape index (κ1) is 24.8. The van der Waals surface area contributed by atoms with Crippen LogP contribution < -0.4 is 15.5 Å². The number of nitrogens with one attached hydrogen (secondary N) is 2. The molecule has 28 heavy (non-hydrogen) atoms. The second-order valence-electron chi connectivity index (χ2n) is 7.00. The molecular weight excluding hydrogens is 482 g/mol. The number of rotatable bonds is 7. The van der Waals surface area contributed by atoms with Crippen molar-refractivity contribution in [1.82, 2.24) is 15.5 Å². The van der Waals surface area contributed by atoms with Gasteiger partial charge in [-0.25, -0.2) is 0 Å². The van der Waals surface area contributed by atoms with Crippen molar-refractivity contribution in [3.05, 3.63) is 30.3 Å². The van der Waals surface area contributed by atoms with Crippen molar-refractivity contribution in [3.8, 4) is 0 Å². The molecule has 2 atom stereocenters. The molecule has 0 aliphatic carbocycles. The van der Waals surface area contributed by atoms with Gasteiger partial charge in [0.25, 0.3) is 0 Å². The summed E-state index contributed by atoms with van der Waals surface area (Å²) < 4.78 is 37.6. The van der Waals surface area contributed by atoms with Crippen molar-refractivity contribution in [2.24, 2.45) is 4.99 Å². The number of hydrogen-bond donors (Lipinski definition) is 2. The lowest BCUT2D eigenvalue weighted by atomic mass is 10.2. The lowest BCUT2D eigenvalue weighted by molar-refractivity contribution is -0.143. The number of hydrogen-bond acceptors (Lipinski definition) is 3. The Morgan fingerprint density at radius 3 is 2.61 bits per heavy atom. The first-order valence-electron chi connectivity index (χ1n) is 9.40. The van der Waals surface area contributed by atoms with Gasteiger partial charge in [-0.2, -0.15) is 13.2 Å². The molecule has 0 radical (unpaired) electrons. The summed E-state index contributed by atoms with van der Waals surface area (Å²) in [4.78, 5) is 8.23. The molecule has 1 fully saturated rings. The van der Waals surface area contributed by atoms with Gasteiger partial charge in [-0.15, -0.1) is 24.0 Å². The van der Waals surface area contributed by atoms with Gasteiger partial charge in [0.15, 0.2) is 5.96 Å². The molecule has 9 heteroatoms. The molecule has 2 rings (SSSR count). The third kappa shape index (κ3) is 8.42. The first-order chi connectivity index (χ1) is 12.8. The SMILES string of the molecule is CCNC(=NCC(C)N(C)c1ccccc1)NC1CCN(CC(F)(F)F)C1.I. The van der Waals surface area contributed by atoms with E-state index in [0.717, 1.165) is 5.69 Å². The average Bonchev–Trinajstić information content (AvgIpc) is 3.04. The summed E-state index contributed by atoms with van der Waals surface area (Å²) in [5, 5.41) is 6.46. The summed E-state index contributed by atoms with van der Waals surface area (Å²) in [7, 11) is 2.03. The van der Waals surface area contributed by atoms with Crippen LogP contribution in [-0.2, 0) is 0 Å². The number of para-hydroxylation sites is 1. The largest absolute Gasteiger partial charge is 0.401 e. The van der Waals surface area contributed by atoms with E-state index < -0.39 is 12.7 Å². The van der Waals surface area contributed by atoms with Crippen molar-refractivity contribution in [2.45, 2.75) is 38.5 Å². The summed E-state index contributed by atoms with van der Waals surface area (Å²) in [6.07, 6.45) is -3.47. The summed E-state index contributed by atoms with van der Waals surface area (Å²) >= 11 is 0. The zero-order valence-corrected chi connectivity index (χ0v) is 19.0. The molecule has 1 aromatic rings. The van der Waals surface area contributed by atoms with E-state index in [9.17, 15) is 13.2 Å². The van der Waals surface area contributed by atoms with Crippen LogP contribution in [0.15, 0.2) is 35.3 Å². The van der Waals surface area contributed by atoms with Crippen LogP contribution in [0.2, 0.25) is 0 Å². The second kappa shape index (κ2) is 11.7. The van der Waals surface area contributed by atoms with Crippen molar-refractivity contribution >= 4 is 35.6 Å². The molecule has 0 spiro atoms. The van der Waals surface area contributed by atoms with Crippen LogP contribution >= 0.6 is 24.0 Å². The lowest BCUT2D eigenvalue weighted by Crippen LogP contribution is -2.45. The normalized spacial score (nSPS) is 19.1. The van der Waals surface area contributed by atoms with E-state index in [4.69, 9.17) is 0 Å². The molecule has 1 aliphatic rings. The van der Waals surface area contributed by atoms with Crippen molar-refractivity contribution in [1.29, 1.82) is 0 Å². The first-order valence-corrected chi connectivity index (χ1v) is 9.40. The fourth-order valence-corrected chi connectivity index (χ4v) is 3.12. The molecule has 2 unspecified atom stereocenters. The van der Waals surface area contributed by atoms with Gasteiger partial charge >= 0.3 is 6.18 Å². The highest BCUT2D eigenvalue weighted by Gasteiger charge is 2.34. The number of likely N-dealkylation sites (N-methyl/N-ethyl adjacent to an activating group) is 1. The van der Waals surface area contributed by atoms with Gasteiger partial charge in [-0.3, -0.25) is 9.89 Å². The highest BCUT2D eigenvalue weighted by Crippen LogP contribution is 2.20. The second-order valence-corrected chi connectivity index (χ2v) is 7.00. The molecule has 1 aromatic carbocycles. The quantitative estimate of drug-likeness (QED) is 0.334. The number of alkyl halides is 3. The van der Waals surface area contributed by atoms with E-state index in [1.54, 1.807) is 0 Å². The number of aliphatic imine (C=N–C) groups is 1. The number of benzene rings is 1. The maximum absolute atomic E-state index is 12.5. The maximum atomic E-state index is 12.5. The van der Waals surface area contributed by atoms with Crippen molar-refractivity contribution in [3.63, 3.8) is 0 Å². The van der Waals surface area contributed by atoms with Gasteiger partial charge in [-0.05, 0) is 32.4 Å². The topological polar surface area (TPSA) is 42.9 Å². The fourth-order valence-electron chi connectivity index (χ4n) is 3.12. The molecule has 1 aliphatic heterocycles. The molecule has 1 saturated heterocycles. The molecular formula is C19H31F3IN5. The predicted molar refractivity (Wildman–Crippen MR) is 120 cm³/mol. The molecule has 0 saturated carbocycles. The highest BCUT2D eigenvalue weighted by atomic mass is 127. The van der Waals surface area contributed by atoms with E-state index >= 15 is 0 Å².